The molecule has 1 N–H and O–H groups in total. The molecule has 0 saturated carbocycles. The lowest BCUT2D eigenvalue weighted by Gasteiger charge is -1.96. The lowest BCUT2D eigenvalue weighted by molar-refractivity contribution is -0.120. The van der Waals surface area contributed by atoms with Gasteiger partial charge in [-0.2, -0.15) is 0 Å². The van der Waals surface area contributed by atoms with E-state index < -0.39 is 0 Å². The van der Waals surface area contributed by atoms with E-state index in [1.165, 1.54) is 5.56 Å². The van der Waals surface area contributed by atoms with Crippen molar-refractivity contribution in [3.63, 3.8) is 0 Å². The summed E-state index contributed by atoms with van der Waals surface area (Å²) in [5.74, 6) is 5.97. The average Bonchev–Trinajstić information content (AvgIpc) is 2.35. The third-order valence-corrected chi connectivity index (χ3v) is 2.29. The lowest BCUT2D eigenvalue weighted by atomic mass is 10.1. The predicted molar refractivity (Wildman–Crippen MR) is 66.0 cm³/mol. The van der Waals surface area contributed by atoms with Crippen molar-refractivity contribution >= 4 is 5.91 Å². The Hall–Kier alpha value is -1.75. The minimum absolute atomic E-state index is 0.0376. The molecule has 2 heteroatoms. The Morgan fingerprint density at radius 3 is 2.50 bits per heavy atom. The number of benzene rings is 1. The first-order valence-electron chi connectivity index (χ1n) is 5.60. The lowest BCUT2D eigenvalue weighted by Crippen LogP contribution is -2.22. The molecule has 84 valence electrons. The highest BCUT2D eigenvalue weighted by molar-refractivity contribution is 5.75. The first-order valence-corrected chi connectivity index (χ1v) is 5.60. The van der Waals surface area contributed by atoms with E-state index in [9.17, 15) is 4.79 Å². The molecule has 1 rings (SSSR count). The Bertz CT molecular complexity index is 395. The summed E-state index contributed by atoms with van der Waals surface area (Å²) in [7, 11) is 0. The largest absolute Gasteiger partial charge is 0.345 e. The predicted octanol–water partition coefficient (Wildman–Crippen LogP) is 2.13. The Morgan fingerprint density at radius 2 is 1.94 bits per heavy atom. The van der Waals surface area contributed by atoms with E-state index in [1.54, 1.807) is 0 Å². The van der Waals surface area contributed by atoms with Crippen molar-refractivity contribution in [1.29, 1.82) is 0 Å². The molecule has 0 radical (unpaired) electrons. The van der Waals surface area contributed by atoms with Crippen LogP contribution in [0.2, 0.25) is 0 Å². The molecule has 0 spiro atoms. The number of hydrogen-bond acceptors (Lipinski definition) is 1. The summed E-state index contributed by atoms with van der Waals surface area (Å²) < 4.78 is 0. The van der Waals surface area contributed by atoms with Gasteiger partial charge in [-0.1, -0.05) is 37.8 Å². The fraction of sp³-hybridized carbons (Fsp3) is 0.357. The number of amides is 1. The van der Waals surface area contributed by atoms with Gasteiger partial charge in [0.25, 0.3) is 0 Å². The van der Waals surface area contributed by atoms with Gasteiger partial charge in [-0.05, 0) is 24.1 Å². The van der Waals surface area contributed by atoms with E-state index in [0.717, 1.165) is 12.0 Å². The van der Waals surface area contributed by atoms with Gasteiger partial charge >= 0.3 is 0 Å². The molecule has 0 aliphatic carbocycles. The molecule has 0 saturated heterocycles. The van der Waals surface area contributed by atoms with E-state index >= 15 is 0 Å². The quantitative estimate of drug-likeness (QED) is 0.769. The van der Waals surface area contributed by atoms with Crippen LogP contribution in [0.4, 0.5) is 0 Å². The minimum Gasteiger partial charge on any atom is -0.345 e. The fourth-order valence-electron chi connectivity index (χ4n) is 1.24. The van der Waals surface area contributed by atoms with Crippen molar-refractivity contribution in [2.75, 3.05) is 6.54 Å². The Morgan fingerprint density at radius 1 is 1.25 bits per heavy atom. The van der Waals surface area contributed by atoms with Gasteiger partial charge in [-0.15, -0.1) is 0 Å². The van der Waals surface area contributed by atoms with Crippen molar-refractivity contribution < 1.29 is 4.79 Å². The molecule has 0 aliphatic heterocycles. The van der Waals surface area contributed by atoms with E-state index in [4.69, 9.17) is 0 Å². The summed E-state index contributed by atoms with van der Waals surface area (Å²) in [5.41, 5.74) is 2.30. The van der Waals surface area contributed by atoms with E-state index in [1.807, 2.05) is 19.1 Å². The van der Waals surface area contributed by atoms with Crippen LogP contribution >= 0.6 is 0 Å². The van der Waals surface area contributed by atoms with Gasteiger partial charge in [0.1, 0.15) is 0 Å². The second-order valence-electron chi connectivity index (χ2n) is 3.48. The van der Waals surface area contributed by atoms with Crippen LogP contribution in [0.25, 0.3) is 0 Å². The van der Waals surface area contributed by atoms with Gasteiger partial charge < -0.3 is 5.32 Å². The zero-order valence-corrected chi connectivity index (χ0v) is 9.84. The smallest absolute Gasteiger partial charge is 0.220 e. The molecule has 0 bridgehead atoms. The van der Waals surface area contributed by atoms with Crippen LogP contribution in [-0.4, -0.2) is 12.5 Å². The fourth-order valence-corrected chi connectivity index (χ4v) is 1.24. The number of carbonyl (C=O) groups is 1. The number of carbonyl (C=O) groups excluding carboxylic acids is 1. The molecule has 0 unspecified atom stereocenters. The van der Waals surface area contributed by atoms with Gasteiger partial charge in [-0.25, -0.2) is 0 Å². The number of nitrogens with one attached hydrogen (secondary N) is 1. The summed E-state index contributed by atoms with van der Waals surface area (Å²) in [5, 5.41) is 2.71. The first-order chi connectivity index (χ1) is 7.76. The van der Waals surface area contributed by atoms with Crippen LogP contribution < -0.4 is 5.32 Å². The summed E-state index contributed by atoms with van der Waals surface area (Å²) in [6.07, 6.45) is 1.55. The number of hydrogen-bond donors (Lipinski definition) is 1. The molecule has 2 nitrogen and oxygen atoms in total. The van der Waals surface area contributed by atoms with Crippen LogP contribution in [0, 0.1) is 11.8 Å². The molecule has 1 aromatic carbocycles. The number of rotatable bonds is 3. The van der Waals surface area contributed by atoms with Crippen molar-refractivity contribution in [3.8, 4) is 11.8 Å². The maximum Gasteiger partial charge on any atom is 0.220 e. The maximum absolute atomic E-state index is 10.9. The van der Waals surface area contributed by atoms with Crippen molar-refractivity contribution in [2.45, 2.75) is 26.7 Å². The third-order valence-electron chi connectivity index (χ3n) is 2.29. The zero-order valence-electron chi connectivity index (χ0n) is 9.84. The molecular weight excluding hydrogens is 198 g/mol. The van der Waals surface area contributed by atoms with E-state index in [2.05, 4.69) is 36.2 Å². The molecule has 0 heterocycles. The summed E-state index contributed by atoms with van der Waals surface area (Å²) in [6, 6.07) is 8.17. The Balaban J connectivity index is 2.47. The second kappa shape index (κ2) is 6.68. The zero-order chi connectivity index (χ0) is 11.8. The number of aryl methyl sites for hydroxylation is 1. The van der Waals surface area contributed by atoms with Gasteiger partial charge in [-0.3, -0.25) is 4.79 Å². The topological polar surface area (TPSA) is 29.1 Å². The Labute approximate surface area is 97.1 Å². The first kappa shape index (κ1) is 12.3. The molecule has 0 atom stereocenters. The minimum atomic E-state index is 0.0376. The summed E-state index contributed by atoms with van der Waals surface area (Å²) in [4.78, 5) is 10.9. The van der Waals surface area contributed by atoms with Crippen LogP contribution in [-0.2, 0) is 11.2 Å². The van der Waals surface area contributed by atoms with Crippen molar-refractivity contribution in [1.82, 2.24) is 5.32 Å². The molecule has 0 aromatic heterocycles. The highest BCUT2D eigenvalue weighted by Crippen LogP contribution is 2.03. The van der Waals surface area contributed by atoms with Crippen molar-refractivity contribution in [3.05, 3.63) is 35.4 Å². The SMILES string of the molecule is CCC(=O)NCC#Cc1ccc(CC)cc1. The molecule has 0 fully saturated rings. The summed E-state index contributed by atoms with van der Waals surface area (Å²) >= 11 is 0. The average molecular weight is 215 g/mol. The highest BCUT2D eigenvalue weighted by Gasteiger charge is 1.91. The molecule has 0 aliphatic rings. The van der Waals surface area contributed by atoms with E-state index in [-0.39, 0.29) is 5.91 Å². The van der Waals surface area contributed by atoms with Crippen LogP contribution in [0.1, 0.15) is 31.4 Å². The van der Waals surface area contributed by atoms with Gasteiger partial charge in [0.05, 0.1) is 6.54 Å². The highest BCUT2D eigenvalue weighted by atomic mass is 16.1. The molecular formula is C14H17NO. The normalized spacial score (nSPS) is 9.12. The molecule has 16 heavy (non-hydrogen) atoms. The van der Waals surface area contributed by atoms with Crippen molar-refractivity contribution in [2.24, 2.45) is 0 Å². The molecule has 1 amide bonds. The van der Waals surface area contributed by atoms with Gasteiger partial charge in [0, 0.05) is 12.0 Å². The monoisotopic (exact) mass is 215 g/mol. The standard InChI is InChI=1S/C14H17NO/c1-3-12-7-9-13(10-8-12)6-5-11-15-14(16)4-2/h7-10H,3-4,11H2,1-2H3,(H,15,16). The van der Waals surface area contributed by atoms with Gasteiger partial charge in [0.2, 0.25) is 5.91 Å². The maximum atomic E-state index is 10.9. The second-order valence-corrected chi connectivity index (χ2v) is 3.48. The Kier molecular flexibility index (Phi) is 5.15. The van der Waals surface area contributed by atoms with Crippen LogP contribution in [0.15, 0.2) is 24.3 Å². The third kappa shape index (κ3) is 4.18. The van der Waals surface area contributed by atoms with Crippen LogP contribution in [0.3, 0.4) is 0 Å². The summed E-state index contributed by atoms with van der Waals surface area (Å²) in [6.45, 7) is 4.37. The van der Waals surface area contributed by atoms with Crippen LogP contribution in [0.5, 0.6) is 0 Å². The van der Waals surface area contributed by atoms with Gasteiger partial charge in [0.15, 0.2) is 0 Å². The van der Waals surface area contributed by atoms with E-state index in [0.29, 0.717) is 13.0 Å². The molecule has 1 aromatic rings.